The van der Waals surface area contributed by atoms with Crippen LogP contribution in [0.1, 0.15) is 36.7 Å². The van der Waals surface area contributed by atoms with Gasteiger partial charge in [-0.1, -0.05) is 13.8 Å². The molecule has 3 N–H and O–H groups in total. The number of amides is 2. The van der Waals surface area contributed by atoms with Gasteiger partial charge in [-0.05, 0) is 12.8 Å². The molecule has 0 spiro atoms. The van der Waals surface area contributed by atoms with Crippen molar-refractivity contribution in [2.75, 3.05) is 13.1 Å². The van der Waals surface area contributed by atoms with Gasteiger partial charge in [-0.25, -0.2) is 4.98 Å². The van der Waals surface area contributed by atoms with Crippen molar-refractivity contribution < 1.29 is 9.59 Å². The Labute approximate surface area is 106 Å². The summed E-state index contributed by atoms with van der Waals surface area (Å²) >= 11 is 0. The molecule has 0 saturated heterocycles. The number of nitrogens with one attached hydrogen (secondary N) is 3. The fourth-order valence-electron chi connectivity index (χ4n) is 1.22. The van der Waals surface area contributed by atoms with Gasteiger partial charge >= 0.3 is 0 Å². The monoisotopic (exact) mass is 253 g/mol. The fraction of sp³-hybridized carbons (Fsp3) is 0.636. The van der Waals surface area contributed by atoms with E-state index in [2.05, 4.69) is 25.8 Å². The zero-order valence-corrected chi connectivity index (χ0v) is 10.9. The zero-order chi connectivity index (χ0) is 13.5. The van der Waals surface area contributed by atoms with Crippen LogP contribution in [0.3, 0.4) is 0 Å². The van der Waals surface area contributed by atoms with Gasteiger partial charge in [0.1, 0.15) is 5.82 Å². The molecule has 0 saturated carbocycles. The van der Waals surface area contributed by atoms with E-state index in [9.17, 15) is 9.59 Å². The van der Waals surface area contributed by atoms with E-state index < -0.39 is 0 Å². The topological polar surface area (TPSA) is 99.8 Å². The van der Waals surface area contributed by atoms with Crippen LogP contribution in [0.25, 0.3) is 0 Å². The minimum absolute atomic E-state index is 0.0739. The molecular weight excluding hydrogens is 234 g/mol. The molecule has 18 heavy (non-hydrogen) atoms. The molecule has 0 bridgehead atoms. The average Bonchev–Trinajstić information content (AvgIpc) is 2.73. The number of aryl methyl sites for hydroxylation is 1. The molecule has 0 aromatic carbocycles. The predicted molar refractivity (Wildman–Crippen MR) is 65.9 cm³/mol. The number of carbonyl (C=O) groups is 2. The van der Waals surface area contributed by atoms with Crippen LogP contribution in [0.4, 0.5) is 0 Å². The van der Waals surface area contributed by atoms with Crippen molar-refractivity contribution in [2.45, 2.75) is 27.2 Å². The summed E-state index contributed by atoms with van der Waals surface area (Å²) in [5, 5.41) is 11.7. The summed E-state index contributed by atoms with van der Waals surface area (Å²) in [6, 6.07) is 0. The number of nitrogens with zero attached hydrogens (tertiary/aromatic N) is 2. The minimum Gasteiger partial charge on any atom is -0.356 e. The third kappa shape index (κ3) is 4.94. The Balaban J connectivity index is 2.21. The highest BCUT2D eigenvalue weighted by molar-refractivity contribution is 5.90. The number of carbonyl (C=O) groups excluding carboxylic acids is 2. The number of rotatable bonds is 6. The van der Waals surface area contributed by atoms with Crippen molar-refractivity contribution in [2.24, 2.45) is 5.92 Å². The van der Waals surface area contributed by atoms with Crippen molar-refractivity contribution >= 4 is 11.8 Å². The first-order chi connectivity index (χ1) is 8.49. The van der Waals surface area contributed by atoms with E-state index in [1.165, 1.54) is 0 Å². The summed E-state index contributed by atoms with van der Waals surface area (Å²) < 4.78 is 0. The second-order valence-electron chi connectivity index (χ2n) is 4.45. The molecule has 0 fully saturated rings. The van der Waals surface area contributed by atoms with Gasteiger partial charge in [0.05, 0.1) is 0 Å². The van der Waals surface area contributed by atoms with Gasteiger partial charge in [-0.3, -0.25) is 14.7 Å². The Kier molecular flexibility index (Phi) is 5.29. The second-order valence-corrected chi connectivity index (χ2v) is 4.45. The third-order valence-electron chi connectivity index (χ3n) is 2.15. The minimum atomic E-state index is -0.379. The molecule has 0 unspecified atom stereocenters. The predicted octanol–water partition coefficient (Wildman–Crippen LogP) is 0.00522. The summed E-state index contributed by atoms with van der Waals surface area (Å²) in [5.74, 6) is 0.635. The molecule has 0 atom stereocenters. The molecule has 0 radical (unpaired) electrons. The SMILES string of the molecule is Cc1nc(C(=O)NCCC(=O)NCC(C)C)n[nH]1. The maximum atomic E-state index is 11.5. The summed E-state index contributed by atoms with van der Waals surface area (Å²) in [6.45, 7) is 6.67. The lowest BCUT2D eigenvalue weighted by molar-refractivity contribution is -0.121. The quantitative estimate of drug-likeness (QED) is 0.664. The lowest BCUT2D eigenvalue weighted by atomic mass is 10.2. The van der Waals surface area contributed by atoms with Gasteiger partial charge in [-0.15, -0.1) is 5.10 Å². The molecule has 1 aromatic heterocycles. The van der Waals surface area contributed by atoms with Crippen LogP contribution in [0, 0.1) is 12.8 Å². The average molecular weight is 253 g/mol. The summed E-state index contributed by atoms with van der Waals surface area (Å²) in [4.78, 5) is 26.8. The van der Waals surface area contributed by atoms with Crippen molar-refractivity contribution in [3.05, 3.63) is 11.6 Å². The molecule has 7 nitrogen and oxygen atoms in total. The van der Waals surface area contributed by atoms with E-state index >= 15 is 0 Å². The zero-order valence-electron chi connectivity index (χ0n) is 10.9. The molecule has 0 aliphatic heterocycles. The molecule has 7 heteroatoms. The van der Waals surface area contributed by atoms with E-state index in [0.717, 1.165) is 0 Å². The number of aromatic nitrogens is 3. The van der Waals surface area contributed by atoms with Gasteiger partial charge in [-0.2, -0.15) is 0 Å². The third-order valence-corrected chi connectivity index (χ3v) is 2.15. The van der Waals surface area contributed by atoms with E-state index in [1.54, 1.807) is 6.92 Å². The smallest absolute Gasteiger partial charge is 0.290 e. The summed E-state index contributed by atoms with van der Waals surface area (Å²) in [6.07, 6.45) is 0.252. The molecule has 0 aliphatic carbocycles. The van der Waals surface area contributed by atoms with Crippen LogP contribution in [0.2, 0.25) is 0 Å². The highest BCUT2D eigenvalue weighted by Gasteiger charge is 2.11. The normalized spacial score (nSPS) is 10.4. The van der Waals surface area contributed by atoms with Crippen LogP contribution in [-0.2, 0) is 4.79 Å². The van der Waals surface area contributed by atoms with E-state index in [4.69, 9.17) is 0 Å². The first-order valence-corrected chi connectivity index (χ1v) is 5.93. The van der Waals surface area contributed by atoms with Gasteiger partial charge in [0.25, 0.3) is 5.91 Å². The van der Waals surface area contributed by atoms with Gasteiger partial charge < -0.3 is 10.6 Å². The summed E-state index contributed by atoms with van der Waals surface area (Å²) in [5.41, 5.74) is 0. The van der Waals surface area contributed by atoms with Gasteiger partial charge in [0.2, 0.25) is 11.7 Å². The van der Waals surface area contributed by atoms with Crippen molar-refractivity contribution in [1.82, 2.24) is 25.8 Å². The van der Waals surface area contributed by atoms with Crippen molar-refractivity contribution in [1.29, 1.82) is 0 Å². The van der Waals surface area contributed by atoms with Crippen LogP contribution in [0.5, 0.6) is 0 Å². The largest absolute Gasteiger partial charge is 0.356 e. The first kappa shape index (κ1) is 14.1. The van der Waals surface area contributed by atoms with E-state index in [0.29, 0.717) is 18.3 Å². The molecule has 0 aliphatic rings. The molecule has 2 amide bonds. The van der Waals surface area contributed by atoms with Crippen LogP contribution < -0.4 is 10.6 Å². The number of aromatic amines is 1. The van der Waals surface area contributed by atoms with E-state index in [1.807, 2.05) is 13.8 Å². The van der Waals surface area contributed by atoms with Gasteiger partial charge in [0.15, 0.2) is 0 Å². The standard InChI is InChI=1S/C11H19N5O2/c1-7(2)6-13-9(17)4-5-12-11(18)10-14-8(3)15-16-10/h7H,4-6H2,1-3H3,(H,12,18)(H,13,17)(H,14,15,16). The lowest BCUT2D eigenvalue weighted by Gasteiger charge is -2.07. The second kappa shape index (κ2) is 6.73. The summed E-state index contributed by atoms with van der Waals surface area (Å²) in [7, 11) is 0. The number of H-pyrrole nitrogens is 1. The maximum Gasteiger partial charge on any atom is 0.290 e. The Bertz CT molecular complexity index is 413. The highest BCUT2D eigenvalue weighted by Crippen LogP contribution is 1.91. The Morgan fingerprint density at radius 2 is 2.06 bits per heavy atom. The highest BCUT2D eigenvalue weighted by atomic mass is 16.2. The van der Waals surface area contributed by atoms with Crippen LogP contribution in [-0.4, -0.2) is 40.1 Å². The van der Waals surface area contributed by atoms with Crippen LogP contribution >= 0.6 is 0 Å². The van der Waals surface area contributed by atoms with Crippen molar-refractivity contribution in [3.8, 4) is 0 Å². The molecule has 1 rings (SSSR count). The first-order valence-electron chi connectivity index (χ1n) is 5.93. The molecule has 1 heterocycles. The maximum absolute atomic E-state index is 11.5. The molecule has 100 valence electrons. The van der Waals surface area contributed by atoms with E-state index in [-0.39, 0.29) is 30.6 Å². The lowest BCUT2D eigenvalue weighted by Crippen LogP contribution is -2.32. The van der Waals surface area contributed by atoms with Crippen molar-refractivity contribution in [3.63, 3.8) is 0 Å². The fourth-order valence-corrected chi connectivity index (χ4v) is 1.22. The number of hydrogen-bond acceptors (Lipinski definition) is 4. The Morgan fingerprint density at radius 1 is 1.33 bits per heavy atom. The Hall–Kier alpha value is -1.92. The van der Waals surface area contributed by atoms with Gasteiger partial charge in [0, 0.05) is 19.5 Å². The number of hydrogen-bond donors (Lipinski definition) is 3. The van der Waals surface area contributed by atoms with Crippen LogP contribution in [0.15, 0.2) is 0 Å². The Morgan fingerprint density at radius 3 is 2.61 bits per heavy atom. The molecule has 1 aromatic rings. The molecular formula is C11H19N5O2.